The smallest absolute Gasteiger partial charge is 0.135 e. The molecular formula is C20H21OSU-. The zero-order valence-corrected chi connectivity index (χ0v) is 18.9. The van der Waals surface area contributed by atoms with Crippen molar-refractivity contribution in [3.63, 3.8) is 0 Å². The molecule has 1 aliphatic heterocycles. The third-order valence-corrected chi connectivity index (χ3v) is 5.82. The molecule has 0 atom stereocenters. The van der Waals surface area contributed by atoms with Gasteiger partial charge in [-0.25, -0.2) is 0 Å². The van der Waals surface area contributed by atoms with Crippen LogP contribution in [-0.2, 0) is 24.7 Å². The molecule has 0 unspecified atom stereocenters. The number of ether oxygens (including phenoxy) is 1. The third kappa shape index (κ3) is 2.56. The topological polar surface area (TPSA) is 9.23 Å². The van der Waals surface area contributed by atoms with E-state index in [1.165, 1.54) is 34.2 Å². The molecule has 1 aliphatic carbocycles. The van der Waals surface area contributed by atoms with Gasteiger partial charge in [0.05, 0.1) is 0 Å². The van der Waals surface area contributed by atoms with Crippen molar-refractivity contribution in [2.45, 2.75) is 57.0 Å². The molecule has 0 saturated heterocycles. The Balaban J connectivity index is 0.00000156. The van der Waals surface area contributed by atoms with Gasteiger partial charge in [-0.3, -0.25) is 0 Å². The van der Waals surface area contributed by atoms with Crippen molar-refractivity contribution in [1.82, 2.24) is 0 Å². The Hall–Kier alpha value is -0.488. The summed E-state index contributed by atoms with van der Waals surface area (Å²) in [6.45, 7) is 6.54. The predicted molar refractivity (Wildman–Crippen MR) is 92.5 cm³/mol. The zero-order chi connectivity index (χ0) is 15.5. The average molecular weight is 547 g/mol. The van der Waals surface area contributed by atoms with Crippen molar-refractivity contribution in [2.24, 2.45) is 0 Å². The van der Waals surface area contributed by atoms with Crippen molar-refractivity contribution in [3.05, 3.63) is 46.5 Å². The Morgan fingerprint density at radius 3 is 2.39 bits per heavy atom. The van der Waals surface area contributed by atoms with E-state index < -0.39 is 0 Å². The van der Waals surface area contributed by atoms with E-state index >= 15 is 0 Å². The van der Waals surface area contributed by atoms with E-state index in [4.69, 9.17) is 17.4 Å². The van der Waals surface area contributed by atoms with Gasteiger partial charge in [-0.05, 0) is 68.4 Å². The van der Waals surface area contributed by atoms with Crippen LogP contribution in [0, 0.1) is 45.0 Å². The first-order chi connectivity index (χ1) is 10.5. The van der Waals surface area contributed by atoms with Crippen LogP contribution >= 0.6 is 0 Å². The van der Waals surface area contributed by atoms with Crippen LogP contribution in [0.2, 0.25) is 0 Å². The quantitative estimate of drug-likeness (QED) is 0.454. The fraction of sp³-hybridized carbons (Fsp3) is 0.400. The van der Waals surface area contributed by atoms with Crippen LogP contribution in [0.25, 0.3) is 11.1 Å². The number of fused-ring (bicyclic) bond motifs is 4. The van der Waals surface area contributed by atoms with Gasteiger partial charge in [0.25, 0.3) is 0 Å². The summed E-state index contributed by atoms with van der Waals surface area (Å²) >= 11 is 5.46. The fourth-order valence-corrected chi connectivity index (χ4v) is 4.00. The zero-order valence-electron chi connectivity index (χ0n) is 14.0. The van der Waals surface area contributed by atoms with Crippen molar-refractivity contribution in [3.8, 4) is 16.9 Å². The van der Waals surface area contributed by atoms with Crippen LogP contribution < -0.4 is 4.74 Å². The van der Waals surface area contributed by atoms with Gasteiger partial charge in [0.1, 0.15) is 11.4 Å². The number of hydrogen-bond donors (Lipinski definition) is 0. The minimum Gasteiger partial charge on any atom is -0.779 e. The maximum atomic E-state index is 6.48. The molecule has 1 fully saturated rings. The van der Waals surface area contributed by atoms with Crippen LogP contribution in [0.1, 0.15) is 48.4 Å². The maximum absolute atomic E-state index is 6.48. The molecule has 3 heteroatoms. The Labute approximate surface area is 168 Å². The summed E-state index contributed by atoms with van der Waals surface area (Å²) in [6.07, 6.45) is 4.55. The van der Waals surface area contributed by atoms with E-state index in [1.54, 1.807) is 0 Å². The molecule has 1 heterocycles. The molecule has 0 amide bonds. The van der Waals surface area contributed by atoms with Gasteiger partial charge in [0, 0.05) is 42.2 Å². The van der Waals surface area contributed by atoms with Crippen LogP contribution in [-0.4, -0.2) is 0 Å². The van der Waals surface area contributed by atoms with Crippen LogP contribution in [0.5, 0.6) is 5.75 Å². The van der Waals surface area contributed by atoms with Gasteiger partial charge in [0.15, 0.2) is 0 Å². The summed E-state index contributed by atoms with van der Waals surface area (Å²) in [5.74, 6) is 0.980. The monoisotopic (exact) mass is 547 g/mol. The molecule has 0 bridgehead atoms. The first kappa shape index (κ1) is 17.3. The van der Waals surface area contributed by atoms with Gasteiger partial charge < -0.3 is 17.4 Å². The third-order valence-electron chi connectivity index (χ3n) is 5.38. The van der Waals surface area contributed by atoms with Gasteiger partial charge in [-0.2, -0.15) is 4.90 Å². The summed E-state index contributed by atoms with van der Waals surface area (Å²) in [5, 5.41) is 0. The number of hydrogen-bond acceptors (Lipinski definition) is 2. The largest absolute Gasteiger partial charge is 0.779 e. The number of rotatable bonds is 1. The maximum Gasteiger partial charge on any atom is 0.135 e. The SMILES string of the molecule is CCc1cc2c(cc1C)C1(CCC1)Oc1cc([S-])c(C)cc1-2.[U]. The van der Waals surface area contributed by atoms with E-state index in [2.05, 4.69) is 45.0 Å². The Kier molecular flexibility index (Phi) is 4.60. The van der Waals surface area contributed by atoms with Crippen molar-refractivity contribution < 1.29 is 35.9 Å². The Morgan fingerprint density at radius 2 is 1.78 bits per heavy atom. The summed E-state index contributed by atoms with van der Waals surface area (Å²) in [5.41, 5.74) is 7.84. The van der Waals surface area contributed by atoms with Crippen LogP contribution in [0.4, 0.5) is 0 Å². The van der Waals surface area contributed by atoms with Gasteiger partial charge in [-0.15, -0.1) is 0 Å². The molecular weight excluding hydrogens is 526 g/mol. The molecule has 0 radical (unpaired) electrons. The minimum absolute atomic E-state index is 0. The number of benzene rings is 2. The van der Waals surface area contributed by atoms with Gasteiger partial charge in [-0.1, -0.05) is 24.6 Å². The normalized spacial score (nSPS) is 16.7. The van der Waals surface area contributed by atoms with E-state index in [1.807, 2.05) is 0 Å². The van der Waals surface area contributed by atoms with Crippen molar-refractivity contribution in [2.75, 3.05) is 0 Å². The summed E-state index contributed by atoms with van der Waals surface area (Å²) in [7, 11) is 0. The predicted octanol–water partition coefficient (Wildman–Crippen LogP) is 5.21. The molecule has 118 valence electrons. The van der Waals surface area contributed by atoms with Gasteiger partial charge >= 0.3 is 0 Å². The fourth-order valence-electron chi connectivity index (χ4n) is 3.83. The Morgan fingerprint density at radius 1 is 1.04 bits per heavy atom. The molecule has 1 nitrogen and oxygen atoms in total. The summed E-state index contributed by atoms with van der Waals surface area (Å²) in [6, 6.07) is 9.01. The van der Waals surface area contributed by atoms with Crippen LogP contribution in [0.3, 0.4) is 0 Å². The first-order valence-corrected chi connectivity index (χ1v) is 8.60. The molecule has 2 aromatic rings. The molecule has 1 saturated carbocycles. The second-order valence-electron chi connectivity index (χ2n) is 6.74. The molecule has 23 heavy (non-hydrogen) atoms. The second-order valence-corrected chi connectivity index (χ2v) is 7.18. The van der Waals surface area contributed by atoms with Crippen molar-refractivity contribution >= 4 is 12.6 Å². The first-order valence-electron chi connectivity index (χ1n) is 8.19. The number of aryl methyl sites for hydroxylation is 3. The average Bonchev–Trinajstić information content (AvgIpc) is 2.46. The summed E-state index contributed by atoms with van der Waals surface area (Å²) in [4.78, 5) is 0.902. The minimum atomic E-state index is -0.101. The van der Waals surface area contributed by atoms with E-state index in [0.717, 1.165) is 35.5 Å². The molecule has 1 spiro atoms. The van der Waals surface area contributed by atoms with E-state index in [9.17, 15) is 0 Å². The molecule has 0 N–H and O–H groups in total. The second kappa shape index (κ2) is 6.10. The molecule has 0 aromatic heterocycles. The standard InChI is InChI=1S/C20H22OS.U/c1-4-14-10-15-16-8-13(3)19(22)11-18(16)21-20(6-5-7-20)17(15)9-12(14)2;/h8-11,22H,4-7H2,1-3H3;/p-1. The molecule has 2 aromatic carbocycles. The van der Waals surface area contributed by atoms with Gasteiger partial charge in [0.2, 0.25) is 0 Å². The molecule has 2 aliphatic rings. The van der Waals surface area contributed by atoms with Crippen molar-refractivity contribution in [1.29, 1.82) is 0 Å². The molecule has 4 rings (SSSR count). The van der Waals surface area contributed by atoms with E-state index in [-0.39, 0.29) is 36.7 Å². The van der Waals surface area contributed by atoms with E-state index in [0.29, 0.717) is 0 Å². The van der Waals surface area contributed by atoms with Crippen LogP contribution in [0.15, 0.2) is 29.2 Å². The Bertz CT molecular complexity index is 778. The summed E-state index contributed by atoms with van der Waals surface area (Å²) < 4.78 is 6.48.